The zero-order valence-electron chi connectivity index (χ0n) is 9.92. The van der Waals surface area contributed by atoms with Gasteiger partial charge in [0.25, 0.3) is 0 Å². The number of hydrogen-bond acceptors (Lipinski definition) is 3. The Kier molecular flexibility index (Phi) is 3.75. The minimum absolute atomic E-state index is 0.0975. The Morgan fingerprint density at radius 3 is 2.33 bits per heavy atom. The quantitative estimate of drug-likeness (QED) is 0.777. The Morgan fingerprint density at radius 1 is 1.47 bits per heavy atom. The second-order valence-electron chi connectivity index (χ2n) is 4.74. The van der Waals surface area contributed by atoms with E-state index in [1.165, 1.54) is 0 Å². The van der Waals surface area contributed by atoms with Crippen LogP contribution in [0, 0.1) is 22.7 Å². The smallest absolute Gasteiger partial charge is 0.0906 e. The number of nitriles is 1. The molecule has 1 aliphatic rings. The van der Waals surface area contributed by atoms with Gasteiger partial charge in [0.2, 0.25) is 0 Å². The van der Waals surface area contributed by atoms with Crippen molar-refractivity contribution < 1.29 is 9.84 Å². The molecule has 0 bridgehead atoms. The van der Waals surface area contributed by atoms with Gasteiger partial charge in [-0.15, -0.1) is 0 Å². The number of hydrogen-bond donors (Lipinski definition) is 1. The van der Waals surface area contributed by atoms with Crippen molar-refractivity contribution in [3.63, 3.8) is 0 Å². The molecule has 1 atom stereocenters. The summed E-state index contributed by atoms with van der Waals surface area (Å²) in [5.74, 6) is 0.0975. The normalized spacial score (nSPS) is 24.5. The first-order valence-electron chi connectivity index (χ1n) is 5.74. The maximum atomic E-state index is 10.7. The average Bonchev–Trinajstić information content (AvgIpc) is 2.28. The Bertz CT molecular complexity index is 251. The molecule has 0 amide bonds. The van der Waals surface area contributed by atoms with Gasteiger partial charge < -0.3 is 9.84 Å². The van der Waals surface area contributed by atoms with Gasteiger partial charge in [-0.1, -0.05) is 20.8 Å². The van der Waals surface area contributed by atoms with Gasteiger partial charge in [-0.3, -0.25) is 0 Å². The summed E-state index contributed by atoms with van der Waals surface area (Å²) in [7, 11) is 0. The molecular formula is C12H21NO2. The van der Waals surface area contributed by atoms with E-state index in [1.54, 1.807) is 0 Å². The Morgan fingerprint density at radius 2 is 2.00 bits per heavy atom. The lowest BCUT2D eigenvalue weighted by Gasteiger charge is -2.47. The molecule has 0 aromatic carbocycles. The van der Waals surface area contributed by atoms with E-state index in [1.807, 2.05) is 20.8 Å². The fraction of sp³-hybridized carbons (Fsp3) is 0.917. The largest absolute Gasteiger partial charge is 0.388 e. The SMILES string of the molecule is CCC(O)(C(C)C)C1(C#N)CCOCC1. The molecule has 0 saturated carbocycles. The maximum Gasteiger partial charge on any atom is 0.0906 e. The third-order valence-electron chi connectivity index (χ3n) is 3.88. The molecule has 0 aromatic heterocycles. The summed E-state index contributed by atoms with van der Waals surface area (Å²) in [5, 5.41) is 20.1. The summed E-state index contributed by atoms with van der Waals surface area (Å²) in [6.45, 7) is 7.09. The Labute approximate surface area is 92.0 Å². The molecule has 1 unspecified atom stereocenters. The van der Waals surface area contributed by atoms with Crippen molar-refractivity contribution in [1.29, 1.82) is 5.26 Å². The number of aliphatic hydroxyl groups is 1. The highest BCUT2D eigenvalue weighted by molar-refractivity contribution is 5.13. The number of rotatable bonds is 3. The highest BCUT2D eigenvalue weighted by Gasteiger charge is 2.52. The van der Waals surface area contributed by atoms with Crippen LogP contribution in [0.2, 0.25) is 0 Å². The molecule has 0 aliphatic carbocycles. The van der Waals surface area contributed by atoms with Gasteiger partial charge in [-0.2, -0.15) is 5.26 Å². The van der Waals surface area contributed by atoms with Crippen LogP contribution < -0.4 is 0 Å². The van der Waals surface area contributed by atoms with Crippen molar-refractivity contribution in [2.45, 2.75) is 45.6 Å². The molecule has 0 radical (unpaired) electrons. The van der Waals surface area contributed by atoms with E-state index in [2.05, 4.69) is 6.07 Å². The zero-order valence-corrected chi connectivity index (χ0v) is 9.92. The topological polar surface area (TPSA) is 53.2 Å². The van der Waals surface area contributed by atoms with E-state index in [-0.39, 0.29) is 5.92 Å². The first-order chi connectivity index (χ1) is 7.02. The maximum absolute atomic E-state index is 10.7. The first-order valence-corrected chi connectivity index (χ1v) is 5.74. The molecule has 1 heterocycles. The van der Waals surface area contributed by atoms with E-state index >= 15 is 0 Å². The average molecular weight is 211 g/mol. The summed E-state index contributed by atoms with van der Waals surface area (Å²) in [6, 6.07) is 2.36. The highest BCUT2D eigenvalue weighted by Crippen LogP contribution is 2.46. The van der Waals surface area contributed by atoms with Crippen LogP contribution >= 0.6 is 0 Å². The summed E-state index contributed by atoms with van der Waals surface area (Å²) < 4.78 is 5.28. The van der Waals surface area contributed by atoms with E-state index in [4.69, 9.17) is 4.74 Å². The summed E-state index contributed by atoms with van der Waals surface area (Å²) in [4.78, 5) is 0. The third-order valence-corrected chi connectivity index (χ3v) is 3.88. The van der Waals surface area contributed by atoms with Gasteiger partial charge in [-0.25, -0.2) is 0 Å². The highest BCUT2D eigenvalue weighted by atomic mass is 16.5. The molecule has 1 fully saturated rings. The van der Waals surface area contributed by atoms with E-state index in [0.717, 1.165) is 0 Å². The molecule has 0 aromatic rings. The Balaban J connectivity index is 3.02. The summed E-state index contributed by atoms with van der Waals surface area (Å²) >= 11 is 0. The lowest BCUT2D eigenvalue weighted by molar-refractivity contribution is -0.132. The molecule has 0 spiro atoms. The van der Waals surface area contributed by atoms with Crippen LogP contribution in [0.15, 0.2) is 0 Å². The van der Waals surface area contributed by atoms with E-state index in [9.17, 15) is 10.4 Å². The number of ether oxygens (including phenoxy) is 1. The third kappa shape index (κ3) is 1.89. The van der Waals surface area contributed by atoms with Gasteiger partial charge in [-0.05, 0) is 25.2 Å². The van der Waals surface area contributed by atoms with Gasteiger partial charge in [0.1, 0.15) is 0 Å². The van der Waals surface area contributed by atoms with E-state index in [0.29, 0.717) is 32.5 Å². The van der Waals surface area contributed by atoms with Crippen LogP contribution in [0.5, 0.6) is 0 Å². The molecule has 15 heavy (non-hydrogen) atoms. The molecule has 3 heteroatoms. The molecule has 3 nitrogen and oxygen atoms in total. The predicted octanol–water partition coefficient (Wildman–Crippen LogP) is 2.10. The zero-order chi connectivity index (χ0) is 11.5. The van der Waals surface area contributed by atoms with E-state index < -0.39 is 11.0 Å². The van der Waals surface area contributed by atoms with Crippen LogP contribution in [-0.4, -0.2) is 23.9 Å². The van der Waals surface area contributed by atoms with Crippen molar-refractivity contribution in [2.75, 3.05) is 13.2 Å². The molecule has 1 aliphatic heterocycles. The molecular weight excluding hydrogens is 190 g/mol. The monoisotopic (exact) mass is 211 g/mol. The van der Waals surface area contributed by atoms with Gasteiger partial charge >= 0.3 is 0 Å². The standard InChI is InChI=1S/C12H21NO2/c1-4-12(14,10(2)3)11(9-13)5-7-15-8-6-11/h10,14H,4-8H2,1-3H3. The fourth-order valence-electron chi connectivity index (χ4n) is 2.66. The molecule has 1 N–H and O–H groups in total. The second kappa shape index (κ2) is 4.51. The summed E-state index contributed by atoms with van der Waals surface area (Å²) in [6.07, 6.45) is 1.91. The van der Waals surface area contributed by atoms with Crippen molar-refractivity contribution in [3.8, 4) is 6.07 Å². The second-order valence-corrected chi connectivity index (χ2v) is 4.74. The van der Waals surface area contributed by atoms with Gasteiger partial charge in [0.15, 0.2) is 0 Å². The lowest BCUT2D eigenvalue weighted by atomic mass is 9.62. The minimum atomic E-state index is -0.883. The minimum Gasteiger partial charge on any atom is -0.388 e. The van der Waals surface area contributed by atoms with Crippen LogP contribution in [0.4, 0.5) is 0 Å². The molecule has 86 valence electrons. The van der Waals surface area contributed by atoms with Crippen molar-refractivity contribution in [1.82, 2.24) is 0 Å². The van der Waals surface area contributed by atoms with Crippen LogP contribution in [0.3, 0.4) is 0 Å². The summed E-state index contributed by atoms with van der Waals surface area (Å²) in [5.41, 5.74) is -1.50. The lowest BCUT2D eigenvalue weighted by Crippen LogP contribution is -2.53. The molecule has 1 rings (SSSR count). The van der Waals surface area contributed by atoms with Gasteiger partial charge in [0.05, 0.1) is 17.1 Å². The van der Waals surface area contributed by atoms with Crippen molar-refractivity contribution in [2.24, 2.45) is 11.3 Å². The number of nitrogens with zero attached hydrogens (tertiary/aromatic N) is 1. The van der Waals surface area contributed by atoms with Crippen molar-refractivity contribution in [3.05, 3.63) is 0 Å². The fourth-order valence-corrected chi connectivity index (χ4v) is 2.66. The molecule has 1 saturated heterocycles. The van der Waals surface area contributed by atoms with Crippen LogP contribution in [0.1, 0.15) is 40.0 Å². The van der Waals surface area contributed by atoms with Crippen molar-refractivity contribution >= 4 is 0 Å². The predicted molar refractivity (Wildman–Crippen MR) is 58.2 cm³/mol. The van der Waals surface area contributed by atoms with Crippen LogP contribution in [-0.2, 0) is 4.74 Å². The van der Waals surface area contributed by atoms with Gasteiger partial charge in [0, 0.05) is 13.2 Å². The van der Waals surface area contributed by atoms with Crippen LogP contribution in [0.25, 0.3) is 0 Å². The Hall–Kier alpha value is -0.590. The first kappa shape index (κ1) is 12.5.